The summed E-state index contributed by atoms with van der Waals surface area (Å²) < 4.78 is 11.5. The number of fused-ring (bicyclic) bond motifs is 2. The fourth-order valence-electron chi connectivity index (χ4n) is 3.69. The minimum atomic E-state index is -0.826. The van der Waals surface area contributed by atoms with Crippen molar-refractivity contribution >= 4 is 11.8 Å². The van der Waals surface area contributed by atoms with Crippen LogP contribution >= 0.6 is 0 Å². The van der Waals surface area contributed by atoms with Crippen molar-refractivity contribution in [3.63, 3.8) is 0 Å². The maximum absolute atomic E-state index is 12.6. The van der Waals surface area contributed by atoms with Crippen LogP contribution in [-0.4, -0.2) is 52.0 Å². The zero-order valence-corrected chi connectivity index (χ0v) is 12.4. The first kappa shape index (κ1) is 13.9. The maximum atomic E-state index is 12.6. The number of nitrogens with zero attached hydrogens (tertiary/aromatic N) is 1. The largest absolute Gasteiger partial charge is 0.390 e. The highest BCUT2D eigenvalue weighted by molar-refractivity contribution is 6.21. The second kappa shape index (κ2) is 4.38. The molecule has 4 unspecified atom stereocenters. The molecule has 0 radical (unpaired) electrons. The lowest BCUT2D eigenvalue weighted by atomic mass is 10.1. The summed E-state index contributed by atoms with van der Waals surface area (Å²) in [6.45, 7) is 3.52. The quantitative estimate of drug-likeness (QED) is 0.781. The summed E-state index contributed by atoms with van der Waals surface area (Å²) in [7, 11) is 0. The van der Waals surface area contributed by atoms with Gasteiger partial charge in [-0.25, -0.2) is 0 Å². The number of hydrogen-bond acceptors (Lipinski definition) is 5. The van der Waals surface area contributed by atoms with Crippen molar-refractivity contribution in [2.75, 3.05) is 0 Å². The summed E-state index contributed by atoms with van der Waals surface area (Å²) in [6, 6.07) is 6.26. The van der Waals surface area contributed by atoms with E-state index in [9.17, 15) is 14.7 Å². The smallest absolute Gasteiger partial charge is 0.261 e. The van der Waals surface area contributed by atoms with Crippen molar-refractivity contribution in [2.45, 2.75) is 50.4 Å². The van der Waals surface area contributed by atoms with Gasteiger partial charge in [0.05, 0.1) is 23.3 Å². The van der Waals surface area contributed by atoms with E-state index in [0.29, 0.717) is 11.1 Å². The molecule has 1 aliphatic carbocycles. The fourth-order valence-corrected chi connectivity index (χ4v) is 3.69. The molecule has 6 heteroatoms. The van der Waals surface area contributed by atoms with Crippen molar-refractivity contribution in [1.82, 2.24) is 4.90 Å². The van der Waals surface area contributed by atoms with Gasteiger partial charge < -0.3 is 14.6 Å². The van der Waals surface area contributed by atoms with E-state index >= 15 is 0 Å². The number of benzene rings is 1. The number of carbonyl (C=O) groups excluding carboxylic acids is 2. The van der Waals surface area contributed by atoms with Crippen LogP contribution < -0.4 is 0 Å². The maximum Gasteiger partial charge on any atom is 0.261 e. The van der Waals surface area contributed by atoms with Crippen molar-refractivity contribution in [3.8, 4) is 0 Å². The Morgan fingerprint density at radius 3 is 2.23 bits per heavy atom. The molecule has 0 aromatic heterocycles. The van der Waals surface area contributed by atoms with E-state index < -0.39 is 30.1 Å². The van der Waals surface area contributed by atoms with Gasteiger partial charge >= 0.3 is 0 Å². The zero-order valence-electron chi connectivity index (χ0n) is 12.4. The molecule has 1 aromatic carbocycles. The van der Waals surface area contributed by atoms with Gasteiger partial charge in [-0.2, -0.15) is 0 Å². The van der Waals surface area contributed by atoms with Crippen LogP contribution in [0.15, 0.2) is 24.3 Å². The van der Waals surface area contributed by atoms with Gasteiger partial charge in [-0.1, -0.05) is 12.1 Å². The molecule has 1 aromatic rings. The highest BCUT2D eigenvalue weighted by Crippen LogP contribution is 2.42. The molecule has 116 valence electrons. The van der Waals surface area contributed by atoms with Gasteiger partial charge in [0, 0.05) is 0 Å². The first-order valence-corrected chi connectivity index (χ1v) is 7.40. The van der Waals surface area contributed by atoms with Gasteiger partial charge in [-0.3, -0.25) is 14.5 Å². The van der Waals surface area contributed by atoms with Gasteiger partial charge in [-0.15, -0.1) is 0 Å². The summed E-state index contributed by atoms with van der Waals surface area (Å²) >= 11 is 0. The van der Waals surface area contributed by atoms with Crippen LogP contribution in [0.3, 0.4) is 0 Å². The number of amides is 2. The lowest BCUT2D eigenvalue weighted by Gasteiger charge is -2.27. The third-order valence-electron chi connectivity index (χ3n) is 4.56. The molecule has 4 atom stereocenters. The van der Waals surface area contributed by atoms with Crippen LogP contribution in [0.25, 0.3) is 0 Å². The average molecular weight is 303 g/mol. The van der Waals surface area contributed by atoms with Crippen LogP contribution in [0.5, 0.6) is 0 Å². The highest BCUT2D eigenvalue weighted by Gasteiger charge is 2.58. The van der Waals surface area contributed by atoms with Crippen molar-refractivity contribution in [3.05, 3.63) is 35.4 Å². The molecule has 6 nitrogen and oxygen atoms in total. The average Bonchev–Trinajstić information content (AvgIpc) is 3.02. The molecule has 1 saturated heterocycles. The molecule has 3 aliphatic rings. The number of carbonyl (C=O) groups is 2. The lowest BCUT2D eigenvalue weighted by Crippen LogP contribution is -2.46. The lowest BCUT2D eigenvalue weighted by molar-refractivity contribution is -0.166. The third kappa shape index (κ3) is 1.78. The second-order valence-electron chi connectivity index (χ2n) is 6.46. The van der Waals surface area contributed by atoms with Crippen molar-refractivity contribution in [1.29, 1.82) is 0 Å². The molecule has 0 spiro atoms. The summed E-state index contributed by atoms with van der Waals surface area (Å²) in [6.07, 6.45) is -1.48. The van der Waals surface area contributed by atoms with E-state index in [1.54, 1.807) is 38.1 Å². The molecule has 2 fully saturated rings. The molecule has 1 saturated carbocycles. The van der Waals surface area contributed by atoms with Crippen LogP contribution in [0.1, 0.15) is 41.0 Å². The molecule has 4 rings (SSSR count). The molecule has 1 N–H and O–H groups in total. The number of hydrogen-bond donors (Lipinski definition) is 1. The van der Waals surface area contributed by atoms with Crippen LogP contribution in [0.2, 0.25) is 0 Å². The topological polar surface area (TPSA) is 76.1 Å². The van der Waals surface area contributed by atoms with E-state index in [1.807, 2.05) is 0 Å². The van der Waals surface area contributed by atoms with Crippen LogP contribution in [-0.2, 0) is 9.47 Å². The Morgan fingerprint density at radius 2 is 1.64 bits per heavy atom. The second-order valence-corrected chi connectivity index (χ2v) is 6.46. The number of aliphatic hydroxyl groups excluding tert-OH is 1. The highest BCUT2D eigenvalue weighted by atomic mass is 16.8. The minimum absolute atomic E-state index is 0.275. The van der Waals surface area contributed by atoms with Gasteiger partial charge in [0.1, 0.15) is 12.2 Å². The molecular formula is C16H17NO5. The fraction of sp³-hybridized carbons (Fsp3) is 0.500. The van der Waals surface area contributed by atoms with Gasteiger partial charge in [-0.05, 0) is 32.4 Å². The van der Waals surface area contributed by atoms with Gasteiger partial charge in [0.2, 0.25) is 0 Å². The Bertz CT molecular complexity index is 635. The first-order valence-electron chi connectivity index (χ1n) is 7.40. The predicted octanol–water partition coefficient (Wildman–Crippen LogP) is 0.936. The van der Waals surface area contributed by atoms with E-state index in [2.05, 4.69) is 0 Å². The summed E-state index contributed by atoms with van der Waals surface area (Å²) in [4.78, 5) is 26.4. The Kier molecular flexibility index (Phi) is 2.76. The first-order chi connectivity index (χ1) is 10.4. The van der Waals surface area contributed by atoms with E-state index in [0.717, 1.165) is 0 Å². The molecule has 2 amide bonds. The molecule has 2 heterocycles. The molecule has 2 aliphatic heterocycles. The Hall–Kier alpha value is -1.76. The number of ether oxygens (including phenoxy) is 2. The minimum Gasteiger partial charge on any atom is -0.390 e. The van der Waals surface area contributed by atoms with Crippen molar-refractivity contribution in [2.24, 2.45) is 0 Å². The Balaban J connectivity index is 1.69. The third-order valence-corrected chi connectivity index (χ3v) is 4.56. The Labute approximate surface area is 127 Å². The number of aliphatic hydroxyl groups is 1. The van der Waals surface area contributed by atoms with Crippen LogP contribution in [0, 0.1) is 0 Å². The standard InChI is InChI=1S/C16H17NO5/c1-16(2)21-12-10(7-11(18)13(12)22-16)17-14(19)8-5-3-4-6-9(8)15(17)20/h3-6,10-13,18H,7H2,1-2H3. The van der Waals surface area contributed by atoms with E-state index in [4.69, 9.17) is 9.47 Å². The summed E-state index contributed by atoms with van der Waals surface area (Å²) in [5, 5.41) is 10.2. The number of rotatable bonds is 1. The zero-order chi connectivity index (χ0) is 15.6. The monoisotopic (exact) mass is 303 g/mol. The van der Waals surface area contributed by atoms with Crippen LogP contribution in [0.4, 0.5) is 0 Å². The molecule has 22 heavy (non-hydrogen) atoms. The van der Waals surface area contributed by atoms with E-state index in [1.165, 1.54) is 4.90 Å². The number of imide groups is 1. The SMILES string of the molecule is CC1(C)OC2C(O)CC(N3C(=O)c4ccccc4C3=O)C2O1. The van der Waals surface area contributed by atoms with E-state index in [-0.39, 0.29) is 18.2 Å². The predicted molar refractivity (Wildman–Crippen MR) is 75.2 cm³/mol. The molecule has 0 bridgehead atoms. The molecular weight excluding hydrogens is 286 g/mol. The summed E-state index contributed by atoms with van der Waals surface area (Å²) in [5.74, 6) is -1.48. The van der Waals surface area contributed by atoms with Gasteiger partial charge in [0.25, 0.3) is 11.8 Å². The van der Waals surface area contributed by atoms with Gasteiger partial charge in [0.15, 0.2) is 5.79 Å². The summed E-state index contributed by atoms with van der Waals surface area (Å²) in [5.41, 5.74) is 0.812. The normalized spacial score (nSPS) is 35.9. The van der Waals surface area contributed by atoms with Crippen molar-refractivity contribution < 1.29 is 24.2 Å². The Morgan fingerprint density at radius 1 is 1.09 bits per heavy atom.